The zero-order valence-corrected chi connectivity index (χ0v) is 12.7. The molecule has 1 aromatic carbocycles. The monoisotopic (exact) mass is 409 g/mol. The Labute approximate surface area is 118 Å². The Kier molecular flexibility index (Phi) is 4.70. The normalized spacial score (nSPS) is 15.6. The second-order valence-electron chi connectivity index (χ2n) is 4.24. The first-order valence-corrected chi connectivity index (χ1v) is 5.49. The van der Waals surface area contributed by atoms with Gasteiger partial charge in [0.1, 0.15) is 0 Å². The van der Waals surface area contributed by atoms with Gasteiger partial charge in [-0.15, -0.1) is 35.4 Å². The van der Waals surface area contributed by atoms with Crippen LogP contribution in [0.15, 0.2) is 35.6 Å². The summed E-state index contributed by atoms with van der Waals surface area (Å²) in [4.78, 5) is 0. The van der Waals surface area contributed by atoms with Crippen LogP contribution in [0.2, 0.25) is 0 Å². The van der Waals surface area contributed by atoms with E-state index in [1.807, 2.05) is 26.8 Å². The minimum Gasteiger partial charge on any atom is -0.234 e. The standard InChI is InChI=1S/C15H16O.Au/c1-10(2)16-12(4)15-11(3)9-13-7-5-6-8-14(13)15;/h5-8H,1-4H3;/q;+1/b15-12-;. The Bertz CT molecular complexity index is 517. The van der Waals surface area contributed by atoms with Crippen LogP contribution in [0.25, 0.3) is 5.57 Å². The van der Waals surface area contributed by atoms with Crippen molar-refractivity contribution in [2.75, 3.05) is 0 Å². The number of hydrogen-bond acceptors (Lipinski definition) is 0. The molecule has 0 unspecified atom stereocenters. The van der Waals surface area contributed by atoms with E-state index < -0.39 is 0 Å². The maximum absolute atomic E-state index is 5.70. The zero-order valence-electron chi connectivity index (χ0n) is 10.5. The summed E-state index contributed by atoms with van der Waals surface area (Å²) in [6, 6.07) is 8.29. The molecule has 2 rings (SSSR count). The molecule has 1 nitrogen and oxygen atoms in total. The van der Waals surface area contributed by atoms with Crippen molar-refractivity contribution in [1.82, 2.24) is 0 Å². The Balaban J connectivity index is 0.00000144. The van der Waals surface area contributed by atoms with Gasteiger partial charge in [-0.3, -0.25) is 0 Å². The van der Waals surface area contributed by atoms with Gasteiger partial charge in [0.05, 0.1) is 0 Å². The third-order valence-electron chi connectivity index (χ3n) is 2.60. The zero-order chi connectivity index (χ0) is 11.7. The van der Waals surface area contributed by atoms with E-state index in [2.05, 4.69) is 31.2 Å². The Morgan fingerprint density at radius 3 is 2.41 bits per heavy atom. The molecule has 92 valence electrons. The van der Waals surface area contributed by atoms with Gasteiger partial charge in [-0.25, -0.2) is 4.42 Å². The maximum atomic E-state index is 5.70. The van der Waals surface area contributed by atoms with Gasteiger partial charge in [-0.2, -0.15) is 5.56 Å². The number of benzene rings is 1. The number of allylic oxidation sites excluding steroid dienone is 3. The van der Waals surface area contributed by atoms with E-state index >= 15 is 0 Å². The van der Waals surface area contributed by atoms with Crippen LogP contribution in [-0.2, 0) is 26.8 Å². The van der Waals surface area contributed by atoms with Crippen molar-refractivity contribution < 1.29 is 26.8 Å². The van der Waals surface area contributed by atoms with Gasteiger partial charge in [0, 0.05) is 20.8 Å². The van der Waals surface area contributed by atoms with Crippen LogP contribution in [0.1, 0.15) is 38.8 Å². The molecular weight excluding hydrogens is 393 g/mol. The molecule has 1 aliphatic rings. The first kappa shape index (κ1) is 14.2. The molecule has 17 heavy (non-hydrogen) atoms. The molecule has 0 bridgehead atoms. The Hall–Kier alpha value is -0.890. The summed E-state index contributed by atoms with van der Waals surface area (Å²) >= 11 is 0. The predicted octanol–water partition coefficient (Wildman–Crippen LogP) is 3.67. The number of hydrogen-bond donors (Lipinski definition) is 0. The van der Waals surface area contributed by atoms with Gasteiger partial charge in [0.15, 0.2) is 0 Å². The van der Waals surface area contributed by atoms with Crippen LogP contribution in [0.4, 0.5) is 0 Å². The van der Waals surface area contributed by atoms with Crippen LogP contribution < -0.4 is 0 Å². The molecule has 0 saturated carbocycles. The molecule has 2 heteroatoms. The van der Waals surface area contributed by atoms with Gasteiger partial charge in [0.2, 0.25) is 0 Å². The van der Waals surface area contributed by atoms with E-state index in [1.165, 1.54) is 11.1 Å². The molecule has 1 aliphatic carbocycles. The fourth-order valence-electron chi connectivity index (χ4n) is 2.09. The van der Waals surface area contributed by atoms with Gasteiger partial charge in [-0.1, -0.05) is 13.0 Å². The molecule has 0 atom stereocenters. The molecule has 0 radical (unpaired) electrons. The second kappa shape index (κ2) is 5.63. The number of ketones is 1. The average molecular weight is 409 g/mol. The smallest absolute Gasteiger partial charge is 0.234 e. The first-order valence-electron chi connectivity index (χ1n) is 5.49. The maximum Gasteiger partial charge on any atom is 1.00 e. The van der Waals surface area contributed by atoms with Crippen molar-refractivity contribution >= 4 is 11.4 Å². The van der Waals surface area contributed by atoms with Crippen molar-refractivity contribution in [3.63, 3.8) is 0 Å². The van der Waals surface area contributed by atoms with Crippen LogP contribution in [0.5, 0.6) is 0 Å². The summed E-state index contributed by atoms with van der Waals surface area (Å²) in [7, 11) is 0. The van der Waals surface area contributed by atoms with Crippen molar-refractivity contribution in [3.8, 4) is 0 Å². The number of fused-ring (bicyclic) bond motifs is 1. The van der Waals surface area contributed by atoms with E-state index in [4.69, 9.17) is 4.42 Å². The molecule has 0 saturated heterocycles. The largest absolute Gasteiger partial charge is 1.00 e. The summed E-state index contributed by atoms with van der Waals surface area (Å²) in [5.41, 5.74) is 4.71. The van der Waals surface area contributed by atoms with Crippen molar-refractivity contribution in [2.45, 2.75) is 27.7 Å². The first-order chi connectivity index (χ1) is 7.59. The van der Waals surface area contributed by atoms with E-state index in [1.54, 1.807) is 0 Å². The third-order valence-corrected chi connectivity index (χ3v) is 2.60. The molecule has 0 spiro atoms. The fourth-order valence-corrected chi connectivity index (χ4v) is 2.09. The summed E-state index contributed by atoms with van der Waals surface area (Å²) < 4.78 is 5.70. The molecule has 1 aromatic rings. The minimum absolute atomic E-state index is 0. The van der Waals surface area contributed by atoms with Crippen molar-refractivity contribution in [3.05, 3.63) is 52.8 Å². The summed E-state index contributed by atoms with van der Waals surface area (Å²) in [5, 5.41) is 0. The van der Waals surface area contributed by atoms with E-state index in [0.717, 1.165) is 22.7 Å². The van der Waals surface area contributed by atoms with Crippen LogP contribution in [-0.4, -0.2) is 5.78 Å². The summed E-state index contributed by atoms with van der Waals surface area (Å²) in [6.07, 6.45) is 3.37. The molecule has 0 heterocycles. The Morgan fingerprint density at radius 1 is 1.12 bits per heavy atom. The molecule has 0 aromatic heterocycles. The number of rotatable bonds is 1. The van der Waals surface area contributed by atoms with E-state index in [0.29, 0.717) is 0 Å². The summed E-state index contributed by atoms with van der Waals surface area (Å²) in [6.45, 7) is 8.02. The van der Waals surface area contributed by atoms with Crippen molar-refractivity contribution in [1.29, 1.82) is 0 Å². The fraction of sp³-hybridized carbons (Fsp3) is 0.267. The van der Waals surface area contributed by atoms with Gasteiger partial charge >= 0.3 is 22.4 Å². The summed E-state index contributed by atoms with van der Waals surface area (Å²) in [5.74, 6) is 1.91. The predicted molar refractivity (Wildman–Crippen MR) is 66.9 cm³/mol. The van der Waals surface area contributed by atoms with Gasteiger partial charge in [-0.05, 0) is 5.57 Å². The van der Waals surface area contributed by atoms with Gasteiger partial charge < -0.3 is 0 Å². The van der Waals surface area contributed by atoms with Crippen LogP contribution >= 0.6 is 0 Å². The third kappa shape index (κ3) is 2.86. The molecule has 0 amide bonds. The quantitative estimate of drug-likeness (QED) is 0.290. The van der Waals surface area contributed by atoms with Crippen LogP contribution in [0, 0.1) is 6.08 Å². The van der Waals surface area contributed by atoms with Gasteiger partial charge in [0.25, 0.3) is 11.5 Å². The number of carbonyl (C=O) groups excluding carboxylic acids is 1. The molecule has 0 aliphatic heterocycles. The van der Waals surface area contributed by atoms with Crippen molar-refractivity contribution in [2.24, 2.45) is 0 Å². The Morgan fingerprint density at radius 2 is 1.76 bits per heavy atom. The molecule has 0 N–H and O–H groups in total. The van der Waals surface area contributed by atoms with E-state index in [9.17, 15) is 0 Å². The SMILES string of the molecule is CC1=[C-]c2ccccc2/C1=C(/C)[O+]=C(C)C.[Au+]. The van der Waals surface area contributed by atoms with Crippen LogP contribution in [0.3, 0.4) is 0 Å². The van der Waals surface area contributed by atoms with E-state index in [-0.39, 0.29) is 22.4 Å². The molecular formula is C15H16AuO+. The molecule has 0 fully saturated rings. The minimum atomic E-state index is 0. The topological polar surface area (TPSA) is 11.3 Å². The average Bonchev–Trinajstić information content (AvgIpc) is 2.52. The second-order valence-corrected chi connectivity index (χ2v) is 4.24.